The topological polar surface area (TPSA) is 125 Å². The van der Waals surface area contributed by atoms with Gasteiger partial charge in [-0.2, -0.15) is 14.9 Å². The predicted octanol–water partition coefficient (Wildman–Crippen LogP) is 5.25. The Bertz CT molecular complexity index is 1600. The summed E-state index contributed by atoms with van der Waals surface area (Å²) in [5, 5.41) is 28.8. The molecule has 5 rings (SSSR count). The van der Waals surface area contributed by atoms with Crippen molar-refractivity contribution in [2.45, 2.75) is 52.6 Å². The summed E-state index contributed by atoms with van der Waals surface area (Å²) in [4.78, 5) is 8.37. The molecule has 0 amide bonds. The SMILES string of the molecule is Cc1nc(F)ccc1[C@H](Nc1cc(C#N)c2ncc(C#N)c(NCC(C)(C)C)c2c1)C1=CN([C@@H]2C[C@H]2C(F)F)NN1. The van der Waals surface area contributed by atoms with E-state index in [-0.39, 0.29) is 11.5 Å². The van der Waals surface area contributed by atoms with Crippen LogP contribution in [0.2, 0.25) is 0 Å². The van der Waals surface area contributed by atoms with Gasteiger partial charge in [-0.05, 0) is 37.0 Å². The molecule has 12 heteroatoms. The van der Waals surface area contributed by atoms with Gasteiger partial charge in [-0.25, -0.2) is 13.8 Å². The van der Waals surface area contributed by atoms with Crippen LogP contribution in [0.1, 0.15) is 55.6 Å². The van der Waals surface area contributed by atoms with Crippen molar-refractivity contribution >= 4 is 22.3 Å². The second kappa shape index (κ2) is 10.8. The second-order valence-corrected chi connectivity index (χ2v) is 11.5. The van der Waals surface area contributed by atoms with Gasteiger partial charge in [0.05, 0.1) is 40.1 Å². The number of benzene rings is 1. The molecule has 2 aromatic heterocycles. The first-order chi connectivity index (χ1) is 19.5. The second-order valence-electron chi connectivity index (χ2n) is 11.5. The summed E-state index contributed by atoms with van der Waals surface area (Å²) in [6, 6.07) is 9.73. The van der Waals surface area contributed by atoms with E-state index in [9.17, 15) is 23.7 Å². The first-order valence-electron chi connectivity index (χ1n) is 13.2. The maximum Gasteiger partial charge on any atom is 0.243 e. The first-order valence-corrected chi connectivity index (χ1v) is 13.2. The minimum Gasteiger partial charge on any atom is -0.383 e. The fraction of sp³-hybridized carbons (Fsp3) is 0.379. The average molecular weight is 562 g/mol. The molecule has 3 heterocycles. The summed E-state index contributed by atoms with van der Waals surface area (Å²) < 4.78 is 40.4. The number of fused-ring (bicyclic) bond motifs is 1. The molecule has 1 aromatic carbocycles. The smallest absolute Gasteiger partial charge is 0.243 e. The van der Waals surface area contributed by atoms with Crippen LogP contribution >= 0.6 is 0 Å². The molecule has 1 saturated carbocycles. The molecule has 4 N–H and O–H groups in total. The number of aromatic nitrogens is 2. The standard InChI is InChI=1S/C29H30F3N9/c1-15-19(5-6-24(30)37-15)27(22-13-41(40-39-22)23-9-20(23)28(31)32)38-18-7-16(10-33)25-21(8-18)26(17(11-34)12-35-25)36-14-29(2,3)4/h5-8,12-13,20,23,27-28,38-40H,9,14H2,1-4H3,(H,35,36)/t20-,23-,27+/m1/s1. The Morgan fingerprint density at radius 1 is 1.17 bits per heavy atom. The monoisotopic (exact) mass is 561 g/mol. The molecule has 3 aromatic rings. The van der Waals surface area contributed by atoms with Crippen molar-refractivity contribution < 1.29 is 13.2 Å². The number of alkyl halides is 2. The summed E-state index contributed by atoms with van der Waals surface area (Å²) in [5.41, 5.74) is 9.78. The van der Waals surface area contributed by atoms with Crippen molar-refractivity contribution in [2.75, 3.05) is 17.2 Å². The lowest BCUT2D eigenvalue weighted by Crippen LogP contribution is -2.39. The van der Waals surface area contributed by atoms with Gasteiger partial charge in [-0.15, -0.1) is 5.53 Å². The molecule has 0 bridgehead atoms. The Balaban J connectivity index is 1.58. The molecule has 1 aliphatic carbocycles. The number of halogens is 3. The van der Waals surface area contributed by atoms with Crippen LogP contribution in [0.3, 0.4) is 0 Å². The van der Waals surface area contributed by atoms with E-state index >= 15 is 0 Å². The van der Waals surface area contributed by atoms with Gasteiger partial charge >= 0.3 is 0 Å². The van der Waals surface area contributed by atoms with Crippen molar-refractivity contribution in [1.82, 2.24) is 25.9 Å². The number of hydrogen-bond acceptors (Lipinski definition) is 9. The molecule has 1 fully saturated rings. The first kappa shape index (κ1) is 28.0. The van der Waals surface area contributed by atoms with Crippen LogP contribution < -0.4 is 21.6 Å². The van der Waals surface area contributed by atoms with Gasteiger partial charge in [0.25, 0.3) is 0 Å². The third-order valence-electron chi connectivity index (χ3n) is 7.13. The van der Waals surface area contributed by atoms with Crippen LogP contribution in [-0.2, 0) is 0 Å². The fourth-order valence-electron chi connectivity index (χ4n) is 4.90. The van der Waals surface area contributed by atoms with Gasteiger partial charge in [0, 0.05) is 47.2 Å². The zero-order valence-electron chi connectivity index (χ0n) is 23.1. The van der Waals surface area contributed by atoms with E-state index in [2.05, 4.69) is 64.5 Å². The molecule has 9 nitrogen and oxygen atoms in total. The number of nitriles is 2. The lowest BCUT2D eigenvalue weighted by molar-refractivity contribution is 0.104. The average Bonchev–Trinajstić information content (AvgIpc) is 3.59. The summed E-state index contributed by atoms with van der Waals surface area (Å²) in [7, 11) is 0. The Morgan fingerprint density at radius 3 is 2.56 bits per heavy atom. The maximum absolute atomic E-state index is 13.9. The van der Waals surface area contributed by atoms with Gasteiger partial charge < -0.3 is 16.1 Å². The van der Waals surface area contributed by atoms with E-state index in [0.717, 1.165) is 0 Å². The highest BCUT2D eigenvalue weighted by molar-refractivity contribution is 5.99. The van der Waals surface area contributed by atoms with Gasteiger partial charge in [0.2, 0.25) is 12.4 Å². The van der Waals surface area contributed by atoms with Crippen LogP contribution in [-0.4, -0.2) is 34.0 Å². The molecule has 0 spiro atoms. The molecular weight excluding hydrogens is 531 g/mol. The summed E-state index contributed by atoms with van der Waals surface area (Å²) in [5.74, 6) is -1.35. The highest BCUT2D eigenvalue weighted by atomic mass is 19.3. The van der Waals surface area contributed by atoms with Gasteiger partial charge in [-0.3, -0.25) is 9.99 Å². The molecule has 0 radical (unpaired) electrons. The van der Waals surface area contributed by atoms with Crippen LogP contribution in [0.15, 0.2) is 42.4 Å². The quantitative estimate of drug-likeness (QED) is 0.273. The number of pyridine rings is 2. The third-order valence-corrected chi connectivity index (χ3v) is 7.13. The van der Waals surface area contributed by atoms with E-state index in [1.54, 1.807) is 30.3 Å². The summed E-state index contributed by atoms with van der Waals surface area (Å²) in [6.07, 6.45) is 1.12. The maximum atomic E-state index is 13.9. The van der Waals surface area contributed by atoms with E-state index in [0.29, 0.717) is 63.3 Å². The number of nitrogens with zero attached hydrogens (tertiary/aromatic N) is 5. The molecular formula is C29H30F3N9. The van der Waals surface area contributed by atoms with Crippen molar-refractivity contribution in [3.8, 4) is 12.1 Å². The fourth-order valence-corrected chi connectivity index (χ4v) is 4.90. The largest absolute Gasteiger partial charge is 0.383 e. The van der Waals surface area contributed by atoms with Gasteiger partial charge in [0.1, 0.15) is 12.1 Å². The van der Waals surface area contributed by atoms with Gasteiger partial charge in [0.15, 0.2) is 0 Å². The normalized spacial score (nSPS) is 18.9. The highest BCUT2D eigenvalue weighted by Gasteiger charge is 2.48. The van der Waals surface area contributed by atoms with Crippen molar-refractivity contribution in [2.24, 2.45) is 11.3 Å². The number of aryl methyl sites for hydroxylation is 1. The van der Waals surface area contributed by atoms with E-state index in [1.165, 1.54) is 12.3 Å². The van der Waals surface area contributed by atoms with Crippen molar-refractivity contribution in [3.05, 3.63) is 70.7 Å². The number of hydrazine groups is 2. The highest BCUT2D eigenvalue weighted by Crippen LogP contribution is 2.42. The van der Waals surface area contributed by atoms with Gasteiger partial charge in [-0.1, -0.05) is 26.8 Å². The molecule has 212 valence electrons. The molecule has 2 aliphatic rings. The zero-order chi connectivity index (χ0) is 29.5. The van der Waals surface area contributed by atoms with Crippen LogP contribution in [0.4, 0.5) is 24.5 Å². The molecule has 41 heavy (non-hydrogen) atoms. The van der Waals surface area contributed by atoms with Crippen molar-refractivity contribution in [1.29, 1.82) is 10.5 Å². The lowest BCUT2D eigenvalue weighted by atomic mass is 9.96. The summed E-state index contributed by atoms with van der Waals surface area (Å²) in [6.45, 7) is 8.45. The minimum absolute atomic E-state index is 0.0845. The Morgan fingerprint density at radius 2 is 1.93 bits per heavy atom. The van der Waals surface area contributed by atoms with E-state index in [4.69, 9.17) is 0 Å². The lowest BCUT2D eigenvalue weighted by Gasteiger charge is -2.24. The summed E-state index contributed by atoms with van der Waals surface area (Å²) >= 11 is 0. The third kappa shape index (κ3) is 5.83. The van der Waals surface area contributed by atoms with Crippen LogP contribution in [0.5, 0.6) is 0 Å². The molecule has 0 saturated heterocycles. The molecule has 1 aliphatic heterocycles. The molecule has 0 unspecified atom stereocenters. The molecule has 3 atom stereocenters. The minimum atomic E-state index is -2.41. The zero-order valence-corrected chi connectivity index (χ0v) is 23.1. The van der Waals surface area contributed by atoms with Crippen LogP contribution in [0, 0.1) is 46.9 Å². The van der Waals surface area contributed by atoms with E-state index < -0.39 is 24.3 Å². The Hall–Kier alpha value is -4.55. The Kier molecular flexibility index (Phi) is 7.37. The van der Waals surface area contributed by atoms with Crippen molar-refractivity contribution in [3.63, 3.8) is 0 Å². The van der Waals surface area contributed by atoms with E-state index in [1.807, 2.05) is 6.07 Å². The number of hydrogen-bond donors (Lipinski definition) is 4. The number of rotatable bonds is 8. The number of nitrogens with one attached hydrogen (secondary N) is 4. The predicted molar refractivity (Wildman–Crippen MR) is 149 cm³/mol. The van der Waals surface area contributed by atoms with Crippen LogP contribution in [0.25, 0.3) is 10.9 Å². The number of anilines is 2. The Labute approximate surface area is 236 Å².